The maximum atomic E-state index is 11.9. The number of halogens is 1. The zero-order valence-corrected chi connectivity index (χ0v) is 20.0. The summed E-state index contributed by atoms with van der Waals surface area (Å²) in [7, 11) is 1.82. The van der Waals surface area contributed by atoms with Gasteiger partial charge in [0.05, 0.1) is 11.6 Å². The summed E-state index contributed by atoms with van der Waals surface area (Å²) in [6.45, 7) is 10.9. The topological polar surface area (TPSA) is 72.9 Å². The van der Waals surface area contributed by atoms with E-state index in [1.807, 2.05) is 27.1 Å². The molecule has 0 spiro atoms. The van der Waals surface area contributed by atoms with Gasteiger partial charge in [-0.3, -0.25) is 14.7 Å². The van der Waals surface area contributed by atoms with Gasteiger partial charge in [-0.1, -0.05) is 6.92 Å². The van der Waals surface area contributed by atoms with Crippen LogP contribution in [0.5, 0.6) is 0 Å². The zero-order chi connectivity index (χ0) is 18.9. The van der Waals surface area contributed by atoms with Gasteiger partial charge in [-0.2, -0.15) is 0 Å². The number of nitrogens with one attached hydrogen (secondary N) is 2. The molecule has 0 saturated carbocycles. The second kappa shape index (κ2) is 12.5. The summed E-state index contributed by atoms with van der Waals surface area (Å²) >= 11 is 1.79. The molecule has 2 rings (SSSR count). The molecular weight excluding hydrogens is 475 g/mol. The predicted octanol–water partition coefficient (Wildman–Crippen LogP) is 1.58. The number of thiazole rings is 1. The first-order valence-corrected chi connectivity index (χ1v) is 10.2. The summed E-state index contributed by atoms with van der Waals surface area (Å²) in [5.74, 6) is 1.04. The van der Waals surface area contributed by atoms with Crippen molar-refractivity contribution >= 4 is 47.2 Å². The molecule has 0 unspecified atom stereocenters. The third-order valence-corrected chi connectivity index (χ3v) is 5.47. The minimum absolute atomic E-state index is 0. The molecule has 154 valence electrons. The van der Waals surface area contributed by atoms with Gasteiger partial charge >= 0.3 is 0 Å². The van der Waals surface area contributed by atoms with Gasteiger partial charge < -0.3 is 15.5 Å². The van der Waals surface area contributed by atoms with Crippen LogP contribution in [0.4, 0.5) is 0 Å². The molecule has 1 fully saturated rings. The quantitative estimate of drug-likeness (QED) is 0.333. The van der Waals surface area contributed by atoms with Crippen molar-refractivity contribution in [1.82, 2.24) is 25.4 Å². The highest BCUT2D eigenvalue weighted by Gasteiger charge is 2.21. The number of hydrogen-bond donors (Lipinski definition) is 2. The van der Waals surface area contributed by atoms with E-state index in [2.05, 4.69) is 37.3 Å². The highest BCUT2D eigenvalue weighted by molar-refractivity contribution is 14.0. The number of nitrogens with zero attached hydrogens (tertiary/aromatic N) is 4. The fraction of sp³-hybridized carbons (Fsp3) is 0.722. The molecule has 0 atom stereocenters. The van der Waals surface area contributed by atoms with Crippen molar-refractivity contribution in [3.63, 3.8) is 0 Å². The van der Waals surface area contributed by atoms with Gasteiger partial charge in [0.25, 0.3) is 0 Å². The number of piperazine rings is 1. The highest BCUT2D eigenvalue weighted by Crippen LogP contribution is 2.13. The van der Waals surface area contributed by atoms with Crippen LogP contribution in [0.15, 0.2) is 11.2 Å². The smallest absolute Gasteiger partial charge is 0.234 e. The first-order chi connectivity index (χ1) is 12.5. The van der Waals surface area contributed by atoms with E-state index in [-0.39, 0.29) is 35.9 Å². The molecule has 2 heterocycles. The second-order valence-electron chi connectivity index (χ2n) is 6.78. The number of aliphatic imine (C=N–C) groups is 1. The Balaban J connectivity index is 0.00000364. The van der Waals surface area contributed by atoms with Gasteiger partial charge in [0.15, 0.2) is 5.96 Å². The van der Waals surface area contributed by atoms with E-state index in [1.54, 1.807) is 11.3 Å². The first kappa shape index (κ1) is 24.1. The second-order valence-corrected chi connectivity index (χ2v) is 7.98. The summed E-state index contributed by atoms with van der Waals surface area (Å²) in [4.78, 5) is 26.5. The lowest BCUT2D eigenvalue weighted by Gasteiger charge is -2.36. The van der Waals surface area contributed by atoms with Crippen LogP contribution >= 0.6 is 35.3 Å². The Bertz CT molecular complexity index is 598. The summed E-state index contributed by atoms with van der Waals surface area (Å²) in [6.07, 6.45) is 3.94. The van der Waals surface area contributed by atoms with Gasteiger partial charge in [-0.15, -0.1) is 35.3 Å². The minimum Gasteiger partial charge on any atom is -0.356 e. The van der Waals surface area contributed by atoms with Crippen LogP contribution in [0.1, 0.15) is 30.7 Å². The maximum absolute atomic E-state index is 11.9. The van der Waals surface area contributed by atoms with Gasteiger partial charge in [-0.25, -0.2) is 4.98 Å². The van der Waals surface area contributed by atoms with Crippen molar-refractivity contribution in [3.05, 3.63) is 16.1 Å². The molecule has 1 amide bonds. The van der Waals surface area contributed by atoms with Crippen molar-refractivity contribution in [2.45, 2.75) is 39.7 Å². The molecule has 1 aromatic heterocycles. The molecule has 27 heavy (non-hydrogen) atoms. The van der Waals surface area contributed by atoms with Gasteiger partial charge in [0.2, 0.25) is 5.91 Å². The molecule has 1 aliphatic heterocycles. The van der Waals surface area contributed by atoms with Gasteiger partial charge in [0.1, 0.15) is 0 Å². The van der Waals surface area contributed by atoms with Gasteiger partial charge in [0, 0.05) is 63.3 Å². The number of guanidine groups is 1. The average molecular weight is 508 g/mol. The Hall–Kier alpha value is -0.940. The van der Waals surface area contributed by atoms with E-state index in [0.717, 1.165) is 51.5 Å². The number of carbonyl (C=O) groups excluding carboxylic acids is 1. The van der Waals surface area contributed by atoms with Gasteiger partial charge in [-0.05, 0) is 20.3 Å². The molecule has 1 aliphatic rings. The third kappa shape index (κ3) is 8.30. The summed E-state index contributed by atoms with van der Waals surface area (Å²) in [5, 5.41) is 7.56. The Morgan fingerprint density at radius 1 is 1.33 bits per heavy atom. The third-order valence-electron chi connectivity index (χ3n) is 4.27. The summed E-state index contributed by atoms with van der Waals surface area (Å²) < 4.78 is 0. The molecule has 0 aromatic carbocycles. The van der Waals surface area contributed by atoms with Crippen LogP contribution < -0.4 is 10.6 Å². The summed E-state index contributed by atoms with van der Waals surface area (Å²) in [5.41, 5.74) is 0. The molecule has 1 saturated heterocycles. The predicted molar refractivity (Wildman–Crippen MR) is 123 cm³/mol. The lowest BCUT2D eigenvalue weighted by Crippen LogP contribution is -2.54. The molecule has 1 aromatic rings. The Kier molecular flexibility index (Phi) is 11.2. The van der Waals surface area contributed by atoms with Crippen molar-refractivity contribution in [3.8, 4) is 0 Å². The standard InChI is InChI=1S/C18H32N6OS.HI/c1-5-15-12-21-17(26-15)6-7-20-18(19-4)24-10-8-23(9-11-24)13-16(25)22-14(2)3;/h12,14H,5-11,13H2,1-4H3,(H,19,20)(H,22,25);1H. The number of hydrogen-bond acceptors (Lipinski definition) is 5. The fourth-order valence-corrected chi connectivity index (χ4v) is 3.79. The average Bonchev–Trinajstić information content (AvgIpc) is 3.07. The van der Waals surface area contributed by atoms with Crippen LogP contribution in [0.25, 0.3) is 0 Å². The van der Waals surface area contributed by atoms with E-state index >= 15 is 0 Å². The number of aromatic nitrogens is 1. The van der Waals surface area contributed by atoms with Crippen molar-refractivity contribution in [2.75, 3.05) is 46.3 Å². The fourth-order valence-electron chi connectivity index (χ4n) is 2.93. The van der Waals surface area contributed by atoms with E-state index < -0.39 is 0 Å². The van der Waals surface area contributed by atoms with E-state index in [4.69, 9.17) is 0 Å². The zero-order valence-electron chi connectivity index (χ0n) is 16.8. The van der Waals surface area contributed by atoms with Crippen LogP contribution in [-0.2, 0) is 17.6 Å². The van der Waals surface area contributed by atoms with E-state index in [0.29, 0.717) is 6.54 Å². The van der Waals surface area contributed by atoms with Crippen LogP contribution in [0.2, 0.25) is 0 Å². The van der Waals surface area contributed by atoms with Crippen LogP contribution in [0, 0.1) is 0 Å². The maximum Gasteiger partial charge on any atom is 0.234 e. The first-order valence-electron chi connectivity index (χ1n) is 9.42. The normalized spacial score (nSPS) is 15.6. The van der Waals surface area contributed by atoms with E-state index in [1.165, 1.54) is 9.88 Å². The Morgan fingerprint density at radius 2 is 2.04 bits per heavy atom. The highest BCUT2D eigenvalue weighted by atomic mass is 127. The molecule has 7 nitrogen and oxygen atoms in total. The lowest BCUT2D eigenvalue weighted by molar-refractivity contribution is -0.123. The largest absolute Gasteiger partial charge is 0.356 e. The van der Waals surface area contributed by atoms with Crippen molar-refractivity contribution in [1.29, 1.82) is 0 Å². The van der Waals surface area contributed by atoms with Crippen LogP contribution in [0.3, 0.4) is 0 Å². The van der Waals surface area contributed by atoms with Crippen molar-refractivity contribution < 1.29 is 4.79 Å². The SMILES string of the molecule is CCc1cnc(CCNC(=NC)N2CCN(CC(=O)NC(C)C)CC2)s1.I. The molecule has 9 heteroatoms. The minimum atomic E-state index is 0. The number of rotatable bonds is 7. The lowest BCUT2D eigenvalue weighted by atomic mass is 10.3. The Morgan fingerprint density at radius 3 is 2.59 bits per heavy atom. The monoisotopic (exact) mass is 508 g/mol. The molecule has 0 radical (unpaired) electrons. The Labute approximate surface area is 184 Å². The summed E-state index contributed by atoms with van der Waals surface area (Å²) in [6, 6.07) is 0.193. The number of carbonyl (C=O) groups is 1. The number of aryl methyl sites for hydroxylation is 1. The van der Waals surface area contributed by atoms with Crippen molar-refractivity contribution in [2.24, 2.45) is 4.99 Å². The molecule has 0 aliphatic carbocycles. The molecule has 2 N–H and O–H groups in total. The molecule has 0 bridgehead atoms. The molecular formula is C18H33IN6OS. The van der Waals surface area contributed by atoms with E-state index in [9.17, 15) is 4.79 Å². The number of amides is 1. The van der Waals surface area contributed by atoms with Crippen LogP contribution in [-0.4, -0.2) is 79.0 Å².